The fourth-order valence-corrected chi connectivity index (χ4v) is 3.84. The second-order valence-corrected chi connectivity index (χ2v) is 5.49. The van der Waals surface area contributed by atoms with Gasteiger partial charge in [0.15, 0.2) is 0 Å². The summed E-state index contributed by atoms with van der Waals surface area (Å²) in [6.07, 6.45) is 1.51. The van der Waals surface area contributed by atoms with Crippen molar-refractivity contribution in [3.05, 3.63) is 70.8 Å². The number of fused-ring (bicyclic) bond motifs is 7. The molecule has 1 nitrogen and oxygen atoms in total. The number of alkyl halides is 1. The minimum Gasteiger partial charge on any atom is -0.296 e. The van der Waals surface area contributed by atoms with E-state index in [9.17, 15) is 4.39 Å². The molecule has 0 saturated carbocycles. The van der Waals surface area contributed by atoms with Gasteiger partial charge in [-0.3, -0.25) is 9.71 Å². The monoisotopic (exact) mass is 253 g/mol. The average Bonchev–Trinajstić information content (AvgIpc) is 2.71. The summed E-state index contributed by atoms with van der Waals surface area (Å²) >= 11 is 0. The minimum absolute atomic E-state index is 0.303. The third-order valence-electron chi connectivity index (χ3n) is 4.59. The van der Waals surface area contributed by atoms with Crippen molar-refractivity contribution in [3.63, 3.8) is 0 Å². The van der Waals surface area contributed by atoms with Crippen LogP contribution < -0.4 is 5.32 Å². The Kier molecular flexibility index (Phi) is 2.30. The molecule has 0 aromatic heterocycles. The number of benzene rings is 2. The molecular weight excluding hydrogens is 237 g/mol. The maximum Gasteiger partial charge on any atom is 0.0918 e. The van der Waals surface area contributed by atoms with Crippen LogP contribution in [-0.4, -0.2) is 6.67 Å². The van der Waals surface area contributed by atoms with Crippen LogP contribution in [0.25, 0.3) is 0 Å². The highest BCUT2D eigenvalue weighted by atomic mass is 19.1. The van der Waals surface area contributed by atoms with E-state index >= 15 is 0 Å². The van der Waals surface area contributed by atoms with Crippen LogP contribution in [-0.2, 0) is 12.0 Å². The zero-order valence-corrected chi connectivity index (χ0v) is 10.7. The first-order chi connectivity index (χ1) is 9.35. The van der Waals surface area contributed by atoms with Crippen molar-refractivity contribution >= 4 is 0 Å². The molecule has 2 aromatic rings. The molecule has 2 heteroatoms. The molecule has 0 fully saturated rings. The Labute approximate surface area is 112 Å². The molecule has 2 aliphatic heterocycles. The van der Waals surface area contributed by atoms with Crippen molar-refractivity contribution < 1.29 is 4.39 Å². The van der Waals surface area contributed by atoms with Crippen molar-refractivity contribution in [2.24, 2.45) is 0 Å². The molecular formula is C17H16FN. The molecule has 0 radical (unpaired) electrons. The van der Waals surface area contributed by atoms with E-state index in [1.807, 2.05) is 0 Å². The normalized spacial score (nSPS) is 26.9. The Morgan fingerprint density at radius 1 is 1.05 bits per heavy atom. The number of rotatable bonds is 2. The van der Waals surface area contributed by atoms with Crippen LogP contribution in [0.5, 0.6) is 0 Å². The molecule has 0 saturated heterocycles. The van der Waals surface area contributed by atoms with Gasteiger partial charge in [-0.25, -0.2) is 0 Å². The summed E-state index contributed by atoms with van der Waals surface area (Å²) in [4.78, 5) is 0. The molecule has 0 spiro atoms. The van der Waals surface area contributed by atoms with E-state index in [4.69, 9.17) is 0 Å². The van der Waals surface area contributed by atoms with Gasteiger partial charge >= 0.3 is 0 Å². The number of halogens is 1. The topological polar surface area (TPSA) is 12.0 Å². The number of hydrogen-bond donors (Lipinski definition) is 1. The van der Waals surface area contributed by atoms with Gasteiger partial charge in [-0.1, -0.05) is 48.5 Å². The summed E-state index contributed by atoms with van der Waals surface area (Å²) in [5.74, 6) is 0. The largest absolute Gasteiger partial charge is 0.296 e. The van der Waals surface area contributed by atoms with Crippen LogP contribution in [0, 0.1) is 0 Å². The highest BCUT2D eigenvalue weighted by Gasteiger charge is 2.48. The van der Waals surface area contributed by atoms with Crippen molar-refractivity contribution in [2.75, 3.05) is 6.67 Å². The lowest BCUT2D eigenvalue weighted by Gasteiger charge is -2.37. The summed E-state index contributed by atoms with van der Waals surface area (Å²) in [6.45, 7) is -0.303. The fraction of sp³-hybridized carbons (Fsp3) is 0.294. The number of nitrogens with one attached hydrogen (secondary N) is 1. The van der Waals surface area contributed by atoms with Crippen LogP contribution in [0.4, 0.5) is 4.39 Å². The summed E-state index contributed by atoms with van der Waals surface area (Å²) in [5.41, 5.74) is 4.91. The van der Waals surface area contributed by atoms with Crippen LogP contribution >= 0.6 is 0 Å². The van der Waals surface area contributed by atoms with E-state index in [1.165, 1.54) is 22.3 Å². The predicted octanol–water partition coefficient (Wildman–Crippen LogP) is 3.49. The first-order valence-corrected chi connectivity index (χ1v) is 6.86. The van der Waals surface area contributed by atoms with E-state index in [2.05, 4.69) is 53.8 Å². The van der Waals surface area contributed by atoms with Crippen LogP contribution in [0.2, 0.25) is 0 Å². The van der Waals surface area contributed by atoms with E-state index < -0.39 is 0 Å². The van der Waals surface area contributed by atoms with Crippen molar-refractivity contribution in [2.45, 2.75) is 24.4 Å². The lowest BCUT2D eigenvalue weighted by atomic mass is 9.78. The Hall–Kier alpha value is -1.67. The first-order valence-electron chi connectivity index (χ1n) is 6.86. The van der Waals surface area contributed by atoms with Crippen molar-refractivity contribution in [1.82, 2.24) is 5.32 Å². The Morgan fingerprint density at radius 3 is 2.63 bits per heavy atom. The highest BCUT2D eigenvalue weighted by molar-refractivity contribution is 5.54. The smallest absolute Gasteiger partial charge is 0.0918 e. The maximum atomic E-state index is 13.2. The summed E-state index contributed by atoms with van der Waals surface area (Å²) in [6, 6.07) is 17.3. The van der Waals surface area contributed by atoms with E-state index in [1.54, 1.807) is 0 Å². The lowest BCUT2D eigenvalue weighted by Crippen LogP contribution is -2.44. The van der Waals surface area contributed by atoms with Gasteiger partial charge in [0.25, 0.3) is 0 Å². The second kappa shape index (κ2) is 3.91. The SMILES string of the molecule is FCCC12NC(Cc3ccccc31)c1ccccc12. The molecule has 2 aromatic carbocycles. The van der Waals surface area contributed by atoms with Gasteiger partial charge in [0.05, 0.1) is 12.2 Å². The van der Waals surface area contributed by atoms with Gasteiger partial charge in [-0.05, 0) is 28.7 Å². The zero-order valence-electron chi connectivity index (χ0n) is 10.7. The minimum atomic E-state index is -0.315. The van der Waals surface area contributed by atoms with Gasteiger partial charge < -0.3 is 0 Å². The van der Waals surface area contributed by atoms with Crippen LogP contribution in [0.3, 0.4) is 0 Å². The fourth-order valence-electron chi connectivity index (χ4n) is 3.84. The third-order valence-corrected chi connectivity index (χ3v) is 4.59. The molecule has 0 aliphatic carbocycles. The summed E-state index contributed by atoms with van der Waals surface area (Å²) < 4.78 is 13.2. The van der Waals surface area contributed by atoms with E-state index in [0.717, 1.165) is 6.42 Å². The van der Waals surface area contributed by atoms with E-state index in [0.29, 0.717) is 12.5 Å². The van der Waals surface area contributed by atoms with Gasteiger partial charge in [0.1, 0.15) is 0 Å². The molecule has 0 amide bonds. The highest BCUT2D eigenvalue weighted by Crippen LogP contribution is 2.50. The van der Waals surface area contributed by atoms with E-state index in [-0.39, 0.29) is 12.2 Å². The van der Waals surface area contributed by atoms with Crippen LogP contribution in [0.15, 0.2) is 48.5 Å². The van der Waals surface area contributed by atoms with Crippen molar-refractivity contribution in [1.29, 1.82) is 0 Å². The Morgan fingerprint density at radius 2 is 1.79 bits per heavy atom. The third kappa shape index (κ3) is 1.38. The summed E-state index contributed by atoms with van der Waals surface area (Å²) in [5, 5.41) is 3.69. The Balaban J connectivity index is 2.01. The molecule has 2 aliphatic rings. The maximum absolute atomic E-state index is 13.2. The molecule has 4 rings (SSSR count). The Bertz CT molecular complexity index is 624. The van der Waals surface area contributed by atoms with Gasteiger partial charge in [0.2, 0.25) is 0 Å². The molecule has 2 unspecified atom stereocenters. The second-order valence-electron chi connectivity index (χ2n) is 5.49. The van der Waals surface area contributed by atoms with Crippen molar-refractivity contribution in [3.8, 4) is 0 Å². The van der Waals surface area contributed by atoms with Gasteiger partial charge in [-0.15, -0.1) is 0 Å². The zero-order chi connectivity index (χ0) is 12.9. The quantitative estimate of drug-likeness (QED) is 0.864. The van der Waals surface area contributed by atoms with Crippen LogP contribution in [0.1, 0.15) is 34.7 Å². The molecule has 2 bridgehead atoms. The first kappa shape index (κ1) is 11.2. The summed E-state index contributed by atoms with van der Waals surface area (Å²) in [7, 11) is 0. The predicted molar refractivity (Wildman–Crippen MR) is 73.8 cm³/mol. The molecule has 2 atom stereocenters. The molecule has 1 N–H and O–H groups in total. The lowest BCUT2D eigenvalue weighted by molar-refractivity contribution is 0.301. The molecule has 96 valence electrons. The standard InChI is InChI=1S/C17H16FN/c18-10-9-17-14-7-3-1-5-12(14)11-16(19-17)13-6-2-4-8-15(13)17/h1-8,16,19H,9-11H2. The molecule has 19 heavy (non-hydrogen) atoms. The number of hydrogen-bond acceptors (Lipinski definition) is 1. The van der Waals surface area contributed by atoms with Gasteiger partial charge in [0, 0.05) is 12.5 Å². The molecule has 2 heterocycles. The average molecular weight is 253 g/mol. The van der Waals surface area contributed by atoms with Gasteiger partial charge in [-0.2, -0.15) is 0 Å².